The fraction of sp³-hybridized carbons (Fsp3) is 0.556. The van der Waals surface area contributed by atoms with E-state index in [0.717, 1.165) is 51.9 Å². The highest BCUT2D eigenvalue weighted by Gasteiger charge is 2.44. The van der Waals surface area contributed by atoms with Crippen LogP contribution in [0.2, 0.25) is 0 Å². The second-order valence-electron chi connectivity index (χ2n) is 6.52. The average Bonchev–Trinajstić information content (AvgIpc) is 3.04. The van der Waals surface area contributed by atoms with Crippen LogP contribution in [0.3, 0.4) is 0 Å². The Morgan fingerprint density at radius 1 is 1.18 bits per heavy atom. The average molecular weight is 297 g/mol. The number of benzene rings is 1. The van der Waals surface area contributed by atoms with Gasteiger partial charge in [0.05, 0.1) is 6.07 Å². The number of amides is 1. The lowest BCUT2D eigenvalue weighted by Gasteiger charge is -2.38. The van der Waals surface area contributed by atoms with Gasteiger partial charge in [0.25, 0.3) is 0 Å². The monoisotopic (exact) mass is 297 g/mol. The van der Waals surface area contributed by atoms with Crippen molar-refractivity contribution in [3.05, 3.63) is 29.8 Å². The van der Waals surface area contributed by atoms with Gasteiger partial charge in [0.1, 0.15) is 5.41 Å². The van der Waals surface area contributed by atoms with Crippen molar-refractivity contribution < 1.29 is 4.79 Å². The van der Waals surface area contributed by atoms with Crippen molar-refractivity contribution in [2.45, 2.75) is 32.6 Å². The Labute approximate surface area is 132 Å². The predicted octanol–water partition coefficient (Wildman–Crippen LogP) is 2.73. The molecular formula is C18H23N3O. The van der Waals surface area contributed by atoms with Crippen LogP contribution in [-0.2, 0) is 4.79 Å². The highest BCUT2D eigenvalue weighted by molar-refractivity contribution is 5.86. The number of piperazine rings is 1. The molecule has 0 atom stereocenters. The van der Waals surface area contributed by atoms with Crippen molar-refractivity contribution in [2.24, 2.45) is 5.41 Å². The summed E-state index contributed by atoms with van der Waals surface area (Å²) in [6.07, 6.45) is 3.48. The van der Waals surface area contributed by atoms with Crippen LogP contribution in [0.5, 0.6) is 0 Å². The number of hydrogen-bond acceptors (Lipinski definition) is 3. The highest BCUT2D eigenvalue weighted by atomic mass is 16.2. The van der Waals surface area contributed by atoms with Gasteiger partial charge in [0, 0.05) is 31.9 Å². The normalized spacial score (nSPS) is 20.7. The fourth-order valence-corrected chi connectivity index (χ4v) is 3.65. The number of nitrogens with zero attached hydrogens (tertiary/aromatic N) is 3. The molecular weight excluding hydrogens is 274 g/mol. The molecule has 3 rings (SSSR count). The molecule has 1 aromatic rings. The van der Waals surface area contributed by atoms with Crippen molar-refractivity contribution in [3.8, 4) is 6.07 Å². The molecule has 1 saturated carbocycles. The van der Waals surface area contributed by atoms with Crippen molar-refractivity contribution in [3.63, 3.8) is 0 Å². The van der Waals surface area contributed by atoms with E-state index in [4.69, 9.17) is 0 Å². The van der Waals surface area contributed by atoms with E-state index < -0.39 is 5.41 Å². The summed E-state index contributed by atoms with van der Waals surface area (Å²) in [4.78, 5) is 17.0. The number of anilines is 1. The minimum absolute atomic E-state index is 0.0661. The minimum Gasteiger partial charge on any atom is -0.368 e. The molecule has 1 aromatic carbocycles. The van der Waals surface area contributed by atoms with Crippen LogP contribution in [0.1, 0.15) is 31.2 Å². The van der Waals surface area contributed by atoms with E-state index in [2.05, 4.69) is 42.2 Å². The maximum absolute atomic E-state index is 12.7. The maximum atomic E-state index is 12.7. The largest absolute Gasteiger partial charge is 0.368 e. The molecule has 0 bridgehead atoms. The molecule has 0 aromatic heterocycles. The molecule has 1 saturated heterocycles. The van der Waals surface area contributed by atoms with E-state index in [1.807, 2.05) is 4.90 Å². The molecule has 1 aliphatic heterocycles. The van der Waals surface area contributed by atoms with Gasteiger partial charge in [-0.25, -0.2) is 0 Å². The zero-order chi connectivity index (χ0) is 15.6. The lowest BCUT2D eigenvalue weighted by molar-refractivity contribution is -0.139. The molecule has 116 valence electrons. The Bertz CT molecular complexity index is 591. The summed E-state index contributed by atoms with van der Waals surface area (Å²) in [6.45, 7) is 5.22. The summed E-state index contributed by atoms with van der Waals surface area (Å²) >= 11 is 0. The van der Waals surface area contributed by atoms with Gasteiger partial charge in [-0.05, 0) is 37.5 Å². The Balaban J connectivity index is 1.64. The summed E-state index contributed by atoms with van der Waals surface area (Å²) in [5, 5.41) is 9.47. The summed E-state index contributed by atoms with van der Waals surface area (Å²) in [6, 6.07) is 10.8. The number of carbonyl (C=O) groups excluding carboxylic acids is 1. The number of hydrogen-bond donors (Lipinski definition) is 0. The van der Waals surface area contributed by atoms with Crippen LogP contribution < -0.4 is 4.90 Å². The Hall–Kier alpha value is -2.02. The van der Waals surface area contributed by atoms with Crippen LogP contribution in [-0.4, -0.2) is 37.0 Å². The van der Waals surface area contributed by atoms with Gasteiger partial charge < -0.3 is 9.80 Å². The Morgan fingerprint density at radius 3 is 2.45 bits per heavy atom. The van der Waals surface area contributed by atoms with Gasteiger partial charge in [0.2, 0.25) is 5.91 Å². The van der Waals surface area contributed by atoms with E-state index in [-0.39, 0.29) is 5.91 Å². The van der Waals surface area contributed by atoms with Crippen LogP contribution in [0.4, 0.5) is 5.69 Å². The highest BCUT2D eigenvalue weighted by Crippen LogP contribution is 2.39. The third-order valence-corrected chi connectivity index (χ3v) is 5.01. The lowest BCUT2D eigenvalue weighted by Crippen LogP contribution is -2.52. The first kappa shape index (κ1) is 14.9. The van der Waals surface area contributed by atoms with Crippen LogP contribution in [0.25, 0.3) is 0 Å². The first-order chi connectivity index (χ1) is 10.6. The first-order valence-electron chi connectivity index (χ1n) is 8.17. The van der Waals surface area contributed by atoms with Gasteiger partial charge in [-0.3, -0.25) is 4.79 Å². The summed E-state index contributed by atoms with van der Waals surface area (Å²) in [5.41, 5.74) is 1.75. The lowest BCUT2D eigenvalue weighted by atomic mass is 9.86. The van der Waals surface area contributed by atoms with Crippen LogP contribution >= 0.6 is 0 Å². The SMILES string of the molecule is Cc1cccc(N2CCN(C(=O)C3(C#N)CCCC3)CC2)c1. The van der Waals surface area contributed by atoms with Crippen molar-refractivity contribution in [1.29, 1.82) is 5.26 Å². The summed E-state index contributed by atoms with van der Waals surface area (Å²) in [5.74, 6) is 0.0661. The maximum Gasteiger partial charge on any atom is 0.243 e. The fourth-order valence-electron chi connectivity index (χ4n) is 3.65. The first-order valence-corrected chi connectivity index (χ1v) is 8.17. The second-order valence-corrected chi connectivity index (χ2v) is 6.52. The molecule has 22 heavy (non-hydrogen) atoms. The molecule has 4 nitrogen and oxygen atoms in total. The molecule has 0 unspecified atom stereocenters. The standard InChI is InChI=1S/C18H23N3O/c1-15-5-4-6-16(13-15)20-9-11-21(12-10-20)17(22)18(14-19)7-2-3-8-18/h4-6,13H,2-3,7-12H2,1H3. The van der Waals surface area contributed by atoms with Gasteiger partial charge in [-0.2, -0.15) is 5.26 Å². The van der Waals surface area contributed by atoms with Gasteiger partial charge in [0.15, 0.2) is 0 Å². The van der Waals surface area contributed by atoms with E-state index in [0.29, 0.717) is 0 Å². The van der Waals surface area contributed by atoms with Crippen molar-refractivity contribution >= 4 is 11.6 Å². The number of carbonyl (C=O) groups is 1. The van der Waals surface area contributed by atoms with E-state index >= 15 is 0 Å². The molecule has 1 heterocycles. The minimum atomic E-state index is -0.731. The predicted molar refractivity (Wildman–Crippen MR) is 86.5 cm³/mol. The zero-order valence-corrected chi connectivity index (χ0v) is 13.2. The summed E-state index contributed by atoms with van der Waals surface area (Å²) in [7, 11) is 0. The number of rotatable bonds is 2. The summed E-state index contributed by atoms with van der Waals surface area (Å²) < 4.78 is 0. The third-order valence-electron chi connectivity index (χ3n) is 5.01. The third kappa shape index (κ3) is 2.68. The van der Waals surface area contributed by atoms with E-state index in [1.165, 1.54) is 11.3 Å². The van der Waals surface area contributed by atoms with Crippen LogP contribution in [0.15, 0.2) is 24.3 Å². The molecule has 0 N–H and O–H groups in total. The molecule has 2 fully saturated rings. The number of nitriles is 1. The van der Waals surface area contributed by atoms with Gasteiger partial charge in [-0.1, -0.05) is 25.0 Å². The zero-order valence-electron chi connectivity index (χ0n) is 13.2. The Kier molecular flexibility index (Phi) is 4.06. The molecule has 1 aliphatic carbocycles. The van der Waals surface area contributed by atoms with Crippen LogP contribution in [0, 0.1) is 23.7 Å². The van der Waals surface area contributed by atoms with E-state index in [1.54, 1.807) is 0 Å². The molecule has 0 spiro atoms. The number of aryl methyl sites for hydroxylation is 1. The van der Waals surface area contributed by atoms with Gasteiger partial charge >= 0.3 is 0 Å². The van der Waals surface area contributed by atoms with Crippen molar-refractivity contribution in [1.82, 2.24) is 4.90 Å². The molecule has 0 radical (unpaired) electrons. The van der Waals surface area contributed by atoms with E-state index in [9.17, 15) is 10.1 Å². The molecule has 1 amide bonds. The molecule has 4 heteroatoms. The topological polar surface area (TPSA) is 47.3 Å². The smallest absolute Gasteiger partial charge is 0.243 e. The van der Waals surface area contributed by atoms with Crippen molar-refractivity contribution in [2.75, 3.05) is 31.1 Å². The quantitative estimate of drug-likeness (QED) is 0.843. The van der Waals surface area contributed by atoms with Gasteiger partial charge in [-0.15, -0.1) is 0 Å². The molecule has 2 aliphatic rings. The second kappa shape index (κ2) is 6.00. The Morgan fingerprint density at radius 2 is 1.86 bits per heavy atom.